The smallest absolute Gasteiger partial charge is 0.00482 e. The van der Waals surface area contributed by atoms with E-state index in [0.29, 0.717) is 11.5 Å². The standard InChI is InChI=1S/C12H26N2/c1-3-6-12(7-8-12)10-14-9-5-11(13)4-2/h11,14H,3-10,13H2,1-2H3. The summed E-state index contributed by atoms with van der Waals surface area (Å²) in [5, 5.41) is 3.56. The molecule has 0 aliphatic heterocycles. The van der Waals surface area contributed by atoms with E-state index >= 15 is 0 Å². The molecule has 0 heterocycles. The minimum Gasteiger partial charge on any atom is -0.328 e. The van der Waals surface area contributed by atoms with Gasteiger partial charge in [-0.3, -0.25) is 0 Å². The van der Waals surface area contributed by atoms with Crippen molar-refractivity contribution < 1.29 is 0 Å². The molecule has 84 valence electrons. The third-order valence-corrected chi connectivity index (χ3v) is 3.45. The van der Waals surface area contributed by atoms with E-state index in [4.69, 9.17) is 5.73 Å². The highest BCUT2D eigenvalue weighted by Gasteiger charge is 2.40. The first-order valence-electron chi connectivity index (χ1n) is 6.19. The molecular weight excluding hydrogens is 172 g/mol. The lowest BCUT2D eigenvalue weighted by atomic mass is 10.0. The summed E-state index contributed by atoms with van der Waals surface area (Å²) in [4.78, 5) is 0. The summed E-state index contributed by atoms with van der Waals surface area (Å²) in [6, 6.07) is 0.392. The van der Waals surface area contributed by atoms with Gasteiger partial charge in [-0.05, 0) is 44.1 Å². The van der Waals surface area contributed by atoms with Gasteiger partial charge in [-0.25, -0.2) is 0 Å². The molecule has 0 saturated heterocycles. The van der Waals surface area contributed by atoms with E-state index in [1.807, 2.05) is 0 Å². The summed E-state index contributed by atoms with van der Waals surface area (Å²) in [6.45, 7) is 6.76. The van der Waals surface area contributed by atoms with E-state index in [-0.39, 0.29) is 0 Å². The minimum absolute atomic E-state index is 0.392. The molecule has 3 N–H and O–H groups in total. The minimum atomic E-state index is 0.392. The van der Waals surface area contributed by atoms with Crippen LogP contribution in [-0.4, -0.2) is 19.1 Å². The van der Waals surface area contributed by atoms with Crippen LogP contribution in [0.25, 0.3) is 0 Å². The molecule has 0 aromatic heterocycles. The average Bonchev–Trinajstić information content (AvgIpc) is 2.93. The van der Waals surface area contributed by atoms with Gasteiger partial charge in [-0.15, -0.1) is 0 Å². The van der Waals surface area contributed by atoms with Crippen LogP contribution in [0.2, 0.25) is 0 Å². The highest BCUT2D eigenvalue weighted by Crippen LogP contribution is 2.48. The summed E-state index contributed by atoms with van der Waals surface area (Å²) in [5.41, 5.74) is 6.54. The number of nitrogens with two attached hydrogens (primary N) is 1. The molecule has 1 atom stereocenters. The van der Waals surface area contributed by atoms with Gasteiger partial charge in [0.1, 0.15) is 0 Å². The first kappa shape index (κ1) is 12.0. The van der Waals surface area contributed by atoms with Crippen molar-refractivity contribution in [2.45, 2.75) is 58.4 Å². The van der Waals surface area contributed by atoms with Gasteiger partial charge in [0, 0.05) is 12.6 Å². The van der Waals surface area contributed by atoms with Crippen molar-refractivity contribution in [1.29, 1.82) is 0 Å². The summed E-state index contributed by atoms with van der Waals surface area (Å²) in [7, 11) is 0. The molecule has 1 saturated carbocycles. The van der Waals surface area contributed by atoms with E-state index < -0.39 is 0 Å². The highest BCUT2D eigenvalue weighted by atomic mass is 14.9. The van der Waals surface area contributed by atoms with Gasteiger partial charge < -0.3 is 11.1 Å². The Kier molecular flexibility index (Phi) is 4.90. The summed E-state index contributed by atoms with van der Waals surface area (Å²) in [5.74, 6) is 0. The quantitative estimate of drug-likeness (QED) is 0.587. The molecule has 1 unspecified atom stereocenters. The summed E-state index contributed by atoms with van der Waals surface area (Å²) >= 11 is 0. The van der Waals surface area contributed by atoms with Crippen LogP contribution in [0.5, 0.6) is 0 Å². The molecule has 0 bridgehead atoms. The number of nitrogens with one attached hydrogen (secondary N) is 1. The molecule has 0 amide bonds. The van der Waals surface area contributed by atoms with E-state index in [9.17, 15) is 0 Å². The zero-order valence-electron chi connectivity index (χ0n) is 9.81. The monoisotopic (exact) mass is 198 g/mol. The molecule has 0 aromatic carbocycles. The van der Waals surface area contributed by atoms with Crippen molar-refractivity contribution in [2.24, 2.45) is 11.1 Å². The molecule has 0 radical (unpaired) electrons. The SMILES string of the molecule is CCCC1(CNCCC(N)CC)CC1. The van der Waals surface area contributed by atoms with Crippen LogP contribution in [0.3, 0.4) is 0 Å². The second-order valence-corrected chi connectivity index (χ2v) is 4.88. The Hall–Kier alpha value is -0.0800. The van der Waals surface area contributed by atoms with Gasteiger partial charge in [-0.1, -0.05) is 20.3 Å². The number of hydrogen-bond donors (Lipinski definition) is 2. The second kappa shape index (κ2) is 5.72. The highest BCUT2D eigenvalue weighted by molar-refractivity contribution is 4.94. The predicted octanol–water partition coefficient (Wildman–Crippen LogP) is 2.28. The van der Waals surface area contributed by atoms with E-state index in [0.717, 1.165) is 19.4 Å². The van der Waals surface area contributed by atoms with E-state index in [1.165, 1.54) is 32.2 Å². The van der Waals surface area contributed by atoms with Crippen LogP contribution in [0.4, 0.5) is 0 Å². The molecule has 2 heteroatoms. The van der Waals surface area contributed by atoms with Crippen LogP contribution < -0.4 is 11.1 Å². The third-order valence-electron chi connectivity index (χ3n) is 3.45. The topological polar surface area (TPSA) is 38.0 Å². The molecular formula is C12H26N2. The van der Waals surface area contributed by atoms with Crippen LogP contribution in [-0.2, 0) is 0 Å². The van der Waals surface area contributed by atoms with Gasteiger partial charge in [0.15, 0.2) is 0 Å². The van der Waals surface area contributed by atoms with Crippen LogP contribution in [0.15, 0.2) is 0 Å². The zero-order chi connectivity index (χ0) is 10.4. The molecule has 14 heavy (non-hydrogen) atoms. The van der Waals surface area contributed by atoms with Crippen molar-refractivity contribution >= 4 is 0 Å². The average molecular weight is 198 g/mol. The maximum Gasteiger partial charge on any atom is 0.00482 e. The van der Waals surface area contributed by atoms with Crippen LogP contribution in [0.1, 0.15) is 52.4 Å². The number of hydrogen-bond acceptors (Lipinski definition) is 2. The second-order valence-electron chi connectivity index (χ2n) is 4.88. The predicted molar refractivity (Wildman–Crippen MR) is 62.3 cm³/mol. The Labute approximate surface area is 88.6 Å². The van der Waals surface area contributed by atoms with Gasteiger partial charge in [0.25, 0.3) is 0 Å². The van der Waals surface area contributed by atoms with Crippen molar-refractivity contribution in [3.63, 3.8) is 0 Å². The maximum atomic E-state index is 5.86. The maximum absolute atomic E-state index is 5.86. The lowest BCUT2D eigenvalue weighted by Gasteiger charge is -2.16. The van der Waals surface area contributed by atoms with E-state index in [1.54, 1.807) is 0 Å². The Morgan fingerprint density at radius 3 is 2.57 bits per heavy atom. The lowest BCUT2D eigenvalue weighted by Crippen LogP contribution is -2.29. The van der Waals surface area contributed by atoms with Gasteiger partial charge >= 0.3 is 0 Å². The molecule has 1 fully saturated rings. The fraction of sp³-hybridized carbons (Fsp3) is 1.00. The largest absolute Gasteiger partial charge is 0.328 e. The zero-order valence-corrected chi connectivity index (χ0v) is 9.81. The molecule has 0 aromatic rings. The fourth-order valence-electron chi connectivity index (χ4n) is 2.07. The normalized spacial score (nSPS) is 20.8. The molecule has 0 spiro atoms. The van der Waals surface area contributed by atoms with Crippen molar-refractivity contribution in [3.05, 3.63) is 0 Å². The molecule has 2 nitrogen and oxygen atoms in total. The molecule has 1 aliphatic carbocycles. The van der Waals surface area contributed by atoms with Gasteiger partial charge in [0.05, 0.1) is 0 Å². The van der Waals surface area contributed by atoms with Crippen molar-refractivity contribution in [3.8, 4) is 0 Å². The van der Waals surface area contributed by atoms with Gasteiger partial charge in [-0.2, -0.15) is 0 Å². The number of rotatable bonds is 8. The Balaban J connectivity index is 1.98. The van der Waals surface area contributed by atoms with Crippen molar-refractivity contribution in [2.75, 3.05) is 13.1 Å². The Bertz CT molecular complexity index is 152. The molecule has 1 aliphatic rings. The van der Waals surface area contributed by atoms with Crippen LogP contribution in [0, 0.1) is 5.41 Å². The Morgan fingerprint density at radius 1 is 1.36 bits per heavy atom. The fourth-order valence-corrected chi connectivity index (χ4v) is 2.07. The first-order chi connectivity index (χ1) is 6.72. The summed E-state index contributed by atoms with van der Waals surface area (Å²) in [6.07, 6.45) is 7.83. The van der Waals surface area contributed by atoms with Crippen molar-refractivity contribution in [1.82, 2.24) is 5.32 Å². The lowest BCUT2D eigenvalue weighted by molar-refractivity contribution is 0.413. The molecule has 1 rings (SSSR count). The van der Waals surface area contributed by atoms with Gasteiger partial charge in [0.2, 0.25) is 0 Å². The van der Waals surface area contributed by atoms with E-state index in [2.05, 4.69) is 19.2 Å². The van der Waals surface area contributed by atoms with Crippen LogP contribution >= 0.6 is 0 Å². The summed E-state index contributed by atoms with van der Waals surface area (Å²) < 4.78 is 0. The first-order valence-corrected chi connectivity index (χ1v) is 6.19. The Morgan fingerprint density at radius 2 is 2.07 bits per heavy atom. The third kappa shape index (κ3) is 3.97.